The third kappa shape index (κ3) is 2.09. The fourth-order valence-corrected chi connectivity index (χ4v) is 3.07. The Kier molecular flexibility index (Phi) is 2.91. The molecule has 1 aromatic heterocycles. The first kappa shape index (κ1) is 12.4. The molecule has 0 bridgehead atoms. The second-order valence-electron chi connectivity index (χ2n) is 5.53. The van der Waals surface area contributed by atoms with E-state index in [4.69, 9.17) is 9.26 Å². The van der Waals surface area contributed by atoms with Gasteiger partial charge in [-0.3, -0.25) is 4.79 Å². The summed E-state index contributed by atoms with van der Waals surface area (Å²) in [4.78, 5) is 12.5. The molecule has 2 aliphatic rings. The van der Waals surface area contributed by atoms with Crippen LogP contribution in [0.5, 0.6) is 5.75 Å². The van der Waals surface area contributed by atoms with Crippen molar-refractivity contribution < 1.29 is 14.1 Å². The van der Waals surface area contributed by atoms with Crippen LogP contribution in [0.1, 0.15) is 35.6 Å². The Morgan fingerprint density at radius 1 is 1.24 bits per heavy atom. The average Bonchev–Trinajstić information content (AvgIpc) is 3.12. The van der Waals surface area contributed by atoms with E-state index in [-0.39, 0.29) is 11.8 Å². The van der Waals surface area contributed by atoms with Crippen LogP contribution in [0.25, 0.3) is 0 Å². The molecule has 4 rings (SSSR count). The third-order valence-electron chi connectivity index (χ3n) is 4.21. The van der Waals surface area contributed by atoms with E-state index in [9.17, 15) is 4.79 Å². The van der Waals surface area contributed by atoms with Gasteiger partial charge in [0, 0.05) is 17.5 Å². The van der Waals surface area contributed by atoms with Crippen LogP contribution in [0.4, 0.5) is 5.82 Å². The number of benzene rings is 1. The van der Waals surface area contributed by atoms with E-state index in [0.717, 1.165) is 48.3 Å². The molecule has 0 spiro atoms. The Bertz CT molecular complexity index is 693. The van der Waals surface area contributed by atoms with Crippen molar-refractivity contribution in [1.29, 1.82) is 0 Å². The number of fused-ring (bicyclic) bond motifs is 2. The highest BCUT2D eigenvalue weighted by Gasteiger charge is 2.31. The van der Waals surface area contributed by atoms with Crippen LogP contribution in [-0.2, 0) is 17.6 Å². The average molecular weight is 284 g/mol. The maximum Gasteiger partial charge on any atom is 0.236 e. The summed E-state index contributed by atoms with van der Waals surface area (Å²) in [6.45, 7) is 0.380. The van der Waals surface area contributed by atoms with Crippen molar-refractivity contribution in [3.05, 3.63) is 41.2 Å². The molecular weight excluding hydrogens is 268 g/mol. The molecule has 0 fully saturated rings. The number of carbonyl (C=O) groups is 1. The predicted molar refractivity (Wildman–Crippen MR) is 76.5 cm³/mol. The normalized spacial score (nSPS) is 19.5. The van der Waals surface area contributed by atoms with Gasteiger partial charge in [-0.05, 0) is 25.3 Å². The van der Waals surface area contributed by atoms with Crippen LogP contribution in [-0.4, -0.2) is 17.7 Å². The Morgan fingerprint density at radius 3 is 3.05 bits per heavy atom. The number of carbonyl (C=O) groups excluding carboxylic acids is 1. The van der Waals surface area contributed by atoms with Crippen LogP contribution < -0.4 is 10.1 Å². The smallest absolute Gasteiger partial charge is 0.236 e. The lowest BCUT2D eigenvalue weighted by Crippen LogP contribution is -2.23. The first-order valence-corrected chi connectivity index (χ1v) is 7.33. The number of anilines is 1. The molecule has 1 atom stereocenters. The molecule has 1 N–H and O–H groups in total. The van der Waals surface area contributed by atoms with E-state index in [2.05, 4.69) is 10.5 Å². The van der Waals surface area contributed by atoms with Crippen molar-refractivity contribution in [3.63, 3.8) is 0 Å². The highest BCUT2D eigenvalue weighted by molar-refractivity contribution is 5.96. The number of amides is 1. The van der Waals surface area contributed by atoms with Gasteiger partial charge < -0.3 is 14.6 Å². The molecule has 1 amide bonds. The van der Waals surface area contributed by atoms with Crippen molar-refractivity contribution >= 4 is 11.7 Å². The number of hydrogen-bond acceptors (Lipinski definition) is 4. The van der Waals surface area contributed by atoms with Gasteiger partial charge in [0.15, 0.2) is 5.82 Å². The van der Waals surface area contributed by atoms with Crippen LogP contribution in [0, 0.1) is 0 Å². The lowest BCUT2D eigenvalue weighted by Gasteiger charge is -2.11. The number of para-hydroxylation sites is 1. The molecule has 2 heterocycles. The van der Waals surface area contributed by atoms with Gasteiger partial charge in [0.2, 0.25) is 5.91 Å². The summed E-state index contributed by atoms with van der Waals surface area (Å²) in [5.41, 5.74) is 1.99. The van der Waals surface area contributed by atoms with Gasteiger partial charge in [-0.15, -0.1) is 0 Å². The first-order chi connectivity index (χ1) is 10.3. The van der Waals surface area contributed by atoms with E-state index in [0.29, 0.717) is 12.4 Å². The van der Waals surface area contributed by atoms with E-state index in [1.165, 1.54) is 0 Å². The SMILES string of the molecule is O=C(Nc1noc2c1CCCC2)C1COc2ccccc21. The second-order valence-corrected chi connectivity index (χ2v) is 5.53. The first-order valence-electron chi connectivity index (χ1n) is 7.33. The largest absolute Gasteiger partial charge is 0.492 e. The van der Waals surface area contributed by atoms with Crippen LogP contribution in [0.15, 0.2) is 28.8 Å². The lowest BCUT2D eigenvalue weighted by molar-refractivity contribution is -0.117. The number of aryl methyl sites for hydroxylation is 1. The van der Waals surface area contributed by atoms with Gasteiger partial charge >= 0.3 is 0 Å². The van der Waals surface area contributed by atoms with Crippen molar-refractivity contribution in [2.75, 3.05) is 11.9 Å². The highest BCUT2D eigenvalue weighted by atomic mass is 16.5. The van der Waals surface area contributed by atoms with Gasteiger partial charge in [-0.25, -0.2) is 0 Å². The number of nitrogens with zero attached hydrogens (tertiary/aromatic N) is 1. The Balaban J connectivity index is 1.56. The molecule has 0 radical (unpaired) electrons. The standard InChI is InChI=1S/C16H16N2O3/c19-16(12-9-20-13-7-3-1-5-10(12)13)17-15-11-6-2-4-8-14(11)21-18-15/h1,3,5,7,12H,2,4,6,8-9H2,(H,17,18,19). The fourth-order valence-electron chi connectivity index (χ4n) is 3.07. The molecule has 108 valence electrons. The van der Waals surface area contributed by atoms with Crippen LogP contribution >= 0.6 is 0 Å². The van der Waals surface area contributed by atoms with Crippen molar-refractivity contribution in [2.45, 2.75) is 31.6 Å². The third-order valence-corrected chi connectivity index (χ3v) is 4.21. The zero-order valence-electron chi connectivity index (χ0n) is 11.6. The van der Waals surface area contributed by atoms with Gasteiger partial charge in [0.1, 0.15) is 24.0 Å². The summed E-state index contributed by atoms with van der Waals surface area (Å²) < 4.78 is 10.9. The van der Waals surface area contributed by atoms with Crippen molar-refractivity contribution in [3.8, 4) is 5.75 Å². The monoisotopic (exact) mass is 284 g/mol. The predicted octanol–water partition coefficient (Wildman–Crippen LogP) is 2.67. The zero-order chi connectivity index (χ0) is 14.2. The summed E-state index contributed by atoms with van der Waals surface area (Å²) in [6.07, 6.45) is 4.08. The molecular formula is C16H16N2O3. The van der Waals surface area contributed by atoms with Crippen LogP contribution in [0.3, 0.4) is 0 Å². The maximum atomic E-state index is 12.5. The molecule has 1 unspecified atom stereocenters. The van der Waals surface area contributed by atoms with Gasteiger partial charge in [0.25, 0.3) is 0 Å². The van der Waals surface area contributed by atoms with Crippen molar-refractivity contribution in [1.82, 2.24) is 5.16 Å². The van der Waals surface area contributed by atoms with E-state index in [1.807, 2.05) is 24.3 Å². The van der Waals surface area contributed by atoms with Gasteiger partial charge in [-0.1, -0.05) is 23.4 Å². The number of nitrogens with one attached hydrogen (secondary N) is 1. The highest BCUT2D eigenvalue weighted by Crippen LogP contribution is 2.35. The molecule has 0 saturated carbocycles. The molecule has 21 heavy (non-hydrogen) atoms. The molecule has 1 aliphatic carbocycles. The summed E-state index contributed by atoms with van der Waals surface area (Å²) in [5, 5.41) is 6.93. The molecule has 5 heteroatoms. The Morgan fingerprint density at radius 2 is 2.10 bits per heavy atom. The fraction of sp³-hybridized carbons (Fsp3) is 0.375. The quantitative estimate of drug-likeness (QED) is 0.920. The molecule has 0 saturated heterocycles. The minimum absolute atomic E-state index is 0.0818. The Hall–Kier alpha value is -2.30. The topological polar surface area (TPSA) is 64.4 Å². The lowest BCUT2D eigenvalue weighted by atomic mass is 9.97. The van der Waals surface area contributed by atoms with Crippen LogP contribution in [0.2, 0.25) is 0 Å². The minimum Gasteiger partial charge on any atom is -0.492 e. The number of hydrogen-bond donors (Lipinski definition) is 1. The summed E-state index contributed by atoms with van der Waals surface area (Å²) in [5.74, 6) is 1.93. The van der Waals surface area contributed by atoms with E-state index in [1.54, 1.807) is 0 Å². The number of rotatable bonds is 2. The molecule has 2 aromatic rings. The maximum absolute atomic E-state index is 12.5. The van der Waals surface area contributed by atoms with E-state index >= 15 is 0 Å². The summed E-state index contributed by atoms with van der Waals surface area (Å²) in [7, 11) is 0. The van der Waals surface area contributed by atoms with E-state index < -0.39 is 0 Å². The molecule has 5 nitrogen and oxygen atoms in total. The van der Waals surface area contributed by atoms with Gasteiger partial charge in [-0.2, -0.15) is 0 Å². The minimum atomic E-state index is -0.280. The summed E-state index contributed by atoms with van der Waals surface area (Å²) in [6, 6.07) is 7.66. The zero-order valence-corrected chi connectivity index (χ0v) is 11.6. The van der Waals surface area contributed by atoms with Gasteiger partial charge in [0.05, 0.1) is 0 Å². The molecule has 1 aliphatic heterocycles. The number of ether oxygens (including phenoxy) is 1. The Labute approximate surface area is 122 Å². The second kappa shape index (κ2) is 4.91. The van der Waals surface area contributed by atoms with Crippen molar-refractivity contribution in [2.24, 2.45) is 0 Å². The summed E-state index contributed by atoms with van der Waals surface area (Å²) >= 11 is 0. The molecule has 1 aromatic carbocycles. The number of aromatic nitrogens is 1.